The summed E-state index contributed by atoms with van der Waals surface area (Å²) in [5.74, 6) is 0.882. The maximum absolute atomic E-state index is 5.56. The van der Waals surface area contributed by atoms with Crippen LogP contribution in [-0.2, 0) is 6.42 Å². The summed E-state index contributed by atoms with van der Waals surface area (Å²) in [6.45, 7) is 6.67. The van der Waals surface area contributed by atoms with E-state index in [1.807, 2.05) is 7.05 Å². The molecule has 2 rings (SSSR count). The molecule has 1 aliphatic heterocycles. The summed E-state index contributed by atoms with van der Waals surface area (Å²) in [5, 5.41) is 3.18. The Kier molecular flexibility index (Phi) is 4.18. The predicted molar refractivity (Wildman–Crippen MR) is 68.0 cm³/mol. The first kappa shape index (κ1) is 12.6. The van der Waals surface area contributed by atoms with E-state index in [1.165, 1.54) is 19.4 Å². The Morgan fingerprint density at radius 2 is 2.47 bits per heavy atom. The van der Waals surface area contributed by atoms with Crippen LogP contribution >= 0.6 is 0 Å². The fourth-order valence-corrected chi connectivity index (χ4v) is 2.51. The Balaban J connectivity index is 1.96. The van der Waals surface area contributed by atoms with Crippen LogP contribution in [0, 0.1) is 0 Å². The first-order valence-electron chi connectivity index (χ1n) is 6.60. The van der Waals surface area contributed by atoms with Crippen LogP contribution in [0.4, 0.5) is 0 Å². The van der Waals surface area contributed by atoms with Crippen LogP contribution < -0.4 is 5.32 Å². The lowest BCUT2D eigenvalue weighted by Crippen LogP contribution is -2.30. The second kappa shape index (κ2) is 5.65. The average Bonchev–Trinajstić information content (AvgIpc) is 2.97. The van der Waals surface area contributed by atoms with Gasteiger partial charge < -0.3 is 14.6 Å². The Labute approximate surface area is 103 Å². The van der Waals surface area contributed by atoms with Crippen LogP contribution in [0.3, 0.4) is 0 Å². The summed E-state index contributed by atoms with van der Waals surface area (Å²) in [7, 11) is 1.94. The van der Waals surface area contributed by atoms with Gasteiger partial charge in [0.1, 0.15) is 6.26 Å². The molecule has 4 nitrogen and oxygen atoms in total. The summed E-state index contributed by atoms with van der Waals surface area (Å²) in [6.07, 6.45) is 5.30. The van der Waals surface area contributed by atoms with Gasteiger partial charge >= 0.3 is 0 Å². The molecular weight excluding hydrogens is 214 g/mol. The molecule has 0 radical (unpaired) electrons. The Morgan fingerprint density at radius 1 is 1.65 bits per heavy atom. The number of aromatic nitrogens is 1. The first-order valence-corrected chi connectivity index (χ1v) is 6.60. The number of likely N-dealkylation sites (N-methyl/N-ethyl adjacent to an activating group) is 1. The van der Waals surface area contributed by atoms with Gasteiger partial charge in [0.15, 0.2) is 5.89 Å². The predicted octanol–water partition coefficient (Wildman–Crippen LogP) is 1.98. The topological polar surface area (TPSA) is 41.3 Å². The van der Waals surface area contributed by atoms with Crippen molar-refractivity contribution in [3.63, 3.8) is 0 Å². The van der Waals surface area contributed by atoms with Gasteiger partial charge in [0.2, 0.25) is 0 Å². The first-order chi connectivity index (χ1) is 8.24. The summed E-state index contributed by atoms with van der Waals surface area (Å²) in [4.78, 5) is 7.08. The molecule has 2 atom stereocenters. The number of hydrogen-bond acceptors (Lipinski definition) is 4. The molecule has 1 saturated heterocycles. The van der Waals surface area contributed by atoms with Crippen LogP contribution in [0.15, 0.2) is 10.7 Å². The minimum Gasteiger partial charge on any atom is -0.449 e. The SMILES string of the molecule is CCN1CCCC1Cc1nc(C(C)NC)co1. The summed E-state index contributed by atoms with van der Waals surface area (Å²) in [6, 6.07) is 0.884. The van der Waals surface area contributed by atoms with Crippen molar-refractivity contribution in [2.24, 2.45) is 0 Å². The lowest BCUT2D eigenvalue weighted by atomic mass is 10.1. The zero-order valence-corrected chi connectivity index (χ0v) is 11.1. The summed E-state index contributed by atoms with van der Waals surface area (Å²) >= 11 is 0. The molecule has 17 heavy (non-hydrogen) atoms. The van der Waals surface area contributed by atoms with Crippen LogP contribution in [-0.4, -0.2) is 36.1 Å². The van der Waals surface area contributed by atoms with Crippen molar-refractivity contribution in [3.8, 4) is 0 Å². The number of oxazole rings is 1. The molecule has 4 heteroatoms. The molecule has 1 aliphatic rings. The minimum absolute atomic E-state index is 0.262. The maximum Gasteiger partial charge on any atom is 0.195 e. The van der Waals surface area contributed by atoms with Gasteiger partial charge in [-0.05, 0) is 39.9 Å². The van der Waals surface area contributed by atoms with Crippen LogP contribution in [0.25, 0.3) is 0 Å². The fourth-order valence-electron chi connectivity index (χ4n) is 2.51. The fraction of sp³-hybridized carbons (Fsp3) is 0.769. The van der Waals surface area contributed by atoms with Gasteiger partial charge in [0, 0.05) is 18.5 Å². The molecule has 0 aliphatic carbocycles. The van der Waals surface area contributed by atoms with E-state index in [9.17, 15) is 0 Å². The van der Waals surface area contributed by atoms with Gasteiger partial charge in [-0.15, -0.1) is 0 Å². The normalized spacial score (nSPS) is 23.1. The van der Waals surface area contributed by atoms with E-state index in [-0.39, 0.29) is 6.04 Å². The highest BCUT2D eigenvalue weighted by Crippen LogP contribution is 2.21. The molecular formula is C13H23N3O. The molecule has 96 valence electrons. The van der Waals surface area contributed by atoms with Gasteiger partial charge in [0.05, 0.1) is 5.69 Å². The molecule has 1 aromatic heterocycles. The van der Waals surface area contributed by atoms with E-state index < -0.39 is 0 Å². The molecule has 1 fully saturated rings. The number of likely N-dealkylation sites (tertiary alicyclic amines) is 1. The smallest absolute Gasteiger partial charge is 0.195 e. The van der Waals surface area contributed by atoms with Crippen molar-refractivity contribution >= 4 is 0 Å². The van der Waals surface area contributed by atoms with Gasteiger partial charge in [-0.2, -0.15) is 0 Å². The molecule has 1 aromatic rings. The molecule has 1 N–H and O–H groups in total. The number of hydrogen-bond donors (Lipinski definition) is 1. The zero-order valence-electron chi connectivity index (χ0n) is 11.1. The Hall–Kier alpha value is -0.870. The molecule has 0 spiro atoms. The largest absolute Gasteiger partial charge is 0.449 e. The van der Waals surface area contributed by atoms with Gasteiger partial charge in [-0.3, -0.25) is 0 Å². The maximum atomic E-state index is 5.56. The van der Waals surface area contributed by atoms with E-state index in [1.54, 1.807) is 6.26 Å². The highest BCUT2D eigenvalue weighted by molar-refractivity contribution is 5.03. The number of rotatable bonds is 5. The highest BCUT2D eigenvalue weighted by Gasteiger charge is 2.25. The van der Waals surface area contributed by atoms with Gasteiger partial charge in [-0.25, -0.2) is 4.98 Å². The lowest BCUT2D eigenvalue weighted by Gasteiger charge is -2.21. The molecule has 0 amide bonds. The van der Waals surface area contributed by atoms with E-state index >= 15 is 0 Å². The molecule has 0 bridgehead atoms. The van der Waals surface area contributed by atoms with Crippen molar-refractivity contribution in [3.05, 3.63) is 17.8 Å². The van der Waals surface area contributed by atoms with Crippen LogP contribution in [0.2, 0.25) is 0 Å². The van der Waals surface area contributed by atoms with Gasteiger partial charge in [-0.1, -0.05) is 6.92 Å². The van der Waals surface area contributed by atoms with Crippen molar-refractivity contribution in [1.82, 2.24) is 15.2 Å². The average molecular weight is 237 g/mol. The second-order valence-electron chi connectivity index (χ2n) is 4.81. The summed E-state index contributed by atoms with van der Waals surface area (Å²) < 4.78 is 5.56. The molecule has 2 heterocycles. The van der Waals surface area contributed by atoms with Crippen LogP contribution in [0.5, 0.6) is 0 Å². The standard InChI is InChI=1S/C13H23N3O/c1-4-16-7-5-6-11(16)8-13-15-12(9-17-13)10(2)14-3/h9-11,14H,4-8H2,1-3H3. The van der Waals surface area contributed by atoms with Crippen molar-refractivity contribution in [1.29, 1.82) is 0 Å². The van der Waals surface area contributed by atoms with E-state index in [0.29, 0.717) is 6.04 Å². The van der Waals surface area contributed by atoms with E-state index in [2.05, 4.69) is 29.0 Å². The van der Waals surface area contributed by atoms with Crippen LogP contribution in [0.1, 0.15) is 44.3 Å². The van der Waals surface area contributed by atoms with Gasteiger partial charge in [0.25, 0.3) is 0 Å². The Bertz CT molecular complexity index is 350. The zero-order chi connectivity index (χ0) is 12.3. The highest BCUT2D eigenvalue weighted by atomic mass is 16.3. The monoisotopic (exact) mass is 237 g/mol. The third-order valence-electron chi connectivity index (χ3n) is 3.76. The van der Waals surface area contributed by atoms with E-state index in [4.69, 9.17) is 4.42 Å². The molecule has 2 unspecified atom stereocenters. The van der Waals surface area contributed by atoms with Crippen molar-refractivity contribution in [2.75, 3.05) is 20.1 Å². The number of nitrogens with zero attached hydrogens (tertiary/aromatic N) is 2. The molecule has 0 saturated carbocycles. The summed E-state index contributed by atoms with van der Waals surface area (Å²) in [5.41, 5.74) is 1.00. The third-order valence-corrected chi connectivity index (χ3v) is 3.76. The third kappa shape index (κ3) is 2.87. The second-order valence-corrected chi connectivity index (χ2v) is 4.81. The van der Waals surface area contributed by atoms with Crippen molar-refractivity contribution in [2.45, 2.75) is 45.2 Å². The number of nitrogens with one attached hydrogen (secondary N) is 1. The van der Waals surface area contributed by atoms with Crippen molar-refractivity contribution < 1.29 is 4.42 Å². The Morgan fingerprint density at radius 3 is 3.18 bits per heavy atom. The quantitative estimate of drug-likeness (QED) is 0.850. The molecule has 0 aromatic carbocycles. The minimum atomic E-state index is 0.262. The lowest BCUT2D eigenvalue weighted by molar-refractivity contribution is 0.254. The van der Waals surface area contributed by atoms with E-state index in [0.717, 1.165) is 24.6 Å².